The first-order valence-electron chi connectivity index (χ1n) is 2.03. The molecule has 0 bridgehead atoms. The van der Waals surface area contributed by atoms with Crippen LogP contribution in [0, 0.1) is 0 Å². The summed E-state index contributed by atoms with van der Waals surface area (Å²) >= 11 is 1.40. The van der Waals surface area contributed by atoms with Crippen LogP contribution in [0.1, 0.15) is 0 Å². The Balaban J connectivity index is 4.29. The van der Waals surface area contributed by atoms with Crippen molar-refractivity contribution >= 4 is 27.2 Å². The van der Waals surface area contributed by atoms with Crippen LogP contribution in [0.5, 0.6) is 0 Å². The predicted octanol–water partition coefficient (Wildman–Crippen LogP) is 1.17. The molecule has 8 heavy (non-hydrogen) atoms. The van der Waals surface area contributed by atoms with Crippen LogP contribution in [-0.4, -0.2) is 22.6 Å². The Kier molecular flexibility index (Phi) is 2.63. The van der Waals surface area contributed by atoms with Crippen molar-refractivity contribution in [2.24, 2.45) is 0 Å². The Morgan fingerprint density at radius 1 is 1.75 bits per heavy atom. The maximum absolute atomic E-state index is 10.9. The summed E-state index contributed by atoms with van der Waals surface area (Å²) in [5.74, 6) is 3.45. The maximum atomic E-state index is 10.9. The highest BCUT2D eigenvalue weighted by Gasteiger charge is 1.96. The van der Waals surface area contributed by atoms with Gasteiger partial charge in [0.15, 0.2) is 0 Å². The van der Waals surface area contributed by atoms with Gasteiger partial charge in [-0.25, -0.2) is 0 Å². The van der Waals surface area contributed by atoms with Gasteiger partial charge in [-0.05, 0) is 21.6 Å². The fourth-order valence-corrected chi connectivity index (χ4v) is 1.59. The molecule has 1 unspecified atom stereocenters. The van der Waals surface area contributed by atoms with Gasteiger partial charge in [-0.2, -0.15) is 0 Å². The van der Waals surface area contributed by atoms with E-state index in [1.807, 2.05) is 6.26 Å². The second-order valence-corrected chi connectivity index (χ2v) is 5.24. The lowest BCUT2D eigenvalue weighted by molar-refractivity contribution is 0.690. The molecular weight excluding hydrogens is 140 g/mol. The number of hydrogen-bond acceptors (Lipinski definition) is 2. The second kappa shape index (κ2) is 2.60. The van der Waals surface area contributed by atoms with E-state index >= 15 is 0 Å². The third kappa shape index (κ3) is 2.43. The van der Waals surface area contributed by atoms with Crippen LogP contribution in [0.25, 0.3) is 0 Å². The fourth-order valence-electron chi connectivity index (χ4n) is 0.176. The molecule has 0 fully saturated rings. The molecule has 0 radical (unpaired) electrons. The lowest BCUT2D eigenvalue weighted by atomic mass is 11.2. The minimum atomic E-state index is -1.98. The second-order valence-electron chi connectivity index (χ2n) is 1.58. The smallest absolute Gasteiger partial charge is 0.0555 e. The molecular formula is C5H10OS2. The standard InChI is InChI=1S/C5H10OS2/c1-5(7-2)8(3,4)6/h1,3H2,2,4H3. The Morgan fingerprint density at radius 2 is 2.12 bits per heavy atom. The largest absolute Gasteiger partial charge is 0.263 e. The number of thioether (sulfide) groups is 1. The molecule has 0 N–H and O–H groups in total. The Labute approximate surface area is 55.2 Å². The summed E-state index contributed by atoms with van der Waals surface area (Å²) in [7, 11) is -1.98. The molecule has 3 heteroatoms. The summed E-state index contributed by atoms with van der Waals surface area (Å²) in [6.45, 7) is 3.57. The molecule has 0 amide bonds. The summed E-state index contributed by atoms with van der Waals surface area (Å²) in [6.07, 6.45) is 3.43. The van der Waals surface area contributed by atoms with Crippen LogP contribution in [0.2, 0.25) is 0 Å². The van der Waals surface area contributed by atoms with Crippen LogP contribution in [0.15, 0.2) is 10.8 Å². The number of rotatable bonds is 2. The van der Waals surface area contributed by atoms with Crippen molar-refractivity contribution in [1.82, 2.24) is 0 Å². The van der Waals surface area contributed by atoms with Gasteiger partial charge in [-0.15, -0.1) is 11.8 Å². The Hall–Kier alpha value is 0.110. The zero-order chi connectivity index (χ0) is 6.78. The minimum Gasteiger partial charge on any atom is -0.263 e. The first kappa shape index (κ1) is 8.11. The highest BCUT2D eigenvalue weighted by atomic mass is 32.3. The van der Waals surface area contributed by atoms with E-state index in [4.69, 9.17) is 0 Å². The number of hydrogen-bond donors (Lipinski definition) is 0. The molecule has 0 aromatic rings. The zero-order valence-electron chi connectivity index (χ0n) is 5.14. The molecule has 0 saturated heterocycles. The molecule has 0 heterocycles. The van der Waals surface area contributed by atoms with Gasteiger partial charge in [-0.3, -0.25) is 4.21 Å². The summed E-state index contributed by atoms with van der Waals surface area (Å²) in [5, 5.41) is 0. The molecule has 0 saturated carbocycles. The summed E-state index contributed by atoms with van der Waals surface area (Å²) in [6, 6.07) is 0. The lowest BCUT2D eigenvalue weighted by Crippen LogP contribution is -1.93. The van der Waals surface area contributed by atoms with E-state index in [1.165, 1.54) is 11.8 Å². The summed E-state index contributed by atoms with van der Waals surface area (Å²) < 4.78 is 11.6. The van der Waals surface area contributed by atoms with Crippen LogP contribution in [-0.2, 0) is 9.52 Å². The molecule has 0 aliphatic heterocycles. The molecule has 1 nitrogen and oxygen atoms in total. The molecule has 0 aliphatic carbocycles. The van der Waals surface area contributed by atoms with Crippen molar-refractivity contribution in [2.75, 3.05) is 12.5 Å². The molecule has 48 valence electrons. The van der Waals surface area contributed by atoms with Gasteiger partial charge in [-0.1, -0.05) is 6.58 Å². The van der Waals surface area contributed by atoms with Crippen molar-refractivity contribution in [3.63, 3.8) is 0 Å². The summed E-state index contributed by atoms with van der Waals surface area (Å²) in [4.78, 5) is 0. The first-order chi connectivity index (χ1) is 3.48. The normalized spacial score (nSPS) is 17.2. The van der Waals surface area contributed by atoms with Gasteiger partial charge in [0, 0.05) is 6.26 Å². The molecule has 0 aliphatic rings. The highest BCUT2D eigenvalue weighted by Crippen LogP contribution is 2.13. The molecule has 0 spiro atoms. The first-order valence-corrected chi connectivity index (χ1v) is 5.39. The van der Waals surface area contributed by atoms with E-state index in [1.54, 1.807) is 6.26 Å². The van der Waals surface area contributed by atoms with Crippen molar-refractivity contribution in [1.29, 1.82) is 0 Å². The Morgan fingerprint density at radius 3 is 2.12 bits per heavy atom. The third-order valence-corrected chi connectivity index (χ3v) is 3.69. The Bertz CT molecular complexity index is 177. The lowest BCUT2D eigenvalue weighted by Gasteiger charge is -1.99. The van der Waals surface area contributed by atoms with Crippen molar-refractivity contribution in [3.8, 4) is 0 Å². The average Bonchev–Trinajstić information content (AvgIpc) is 1.62. The SMILES string of the molecule is C=C(SC)S(=C)(C)=O. The molecule has 0 rings (SSSR count). The van der Waals surface area contributed by atoms with E-state index in [2.05, 4.69) is 12.4 Å². The van der Waals surface area contributed by atoms with E-state index in [9.17, 15) is 4.21 Å². The topological polar surface area (TPSA) is 17.1 Å². The average molecular weight is 150 g/mol. The van der Waals surface area contributed by atoms with Crippen LogP contribution < -0.4 is 0 Å². The van der Waals surface area contributed by atoms with Crippen LogP contribution >= 0.6 is 11.8 Å². The van der Waals surface area contributed by atoms with Gasteiger partial charge in [0.25, 0.3) is 0 Å². The van der Waals surface area contributed by atoms with E-state index in [-0.39, 0.29) is 0 Å². The van der Waals surface area contributed by atoms with E-state index in [0.29, 0.717) is 4.24 Å². The van der Waals surface area contributed by atoms with Crippen LogP contribution in [0.4, 0.5) is 0 Å². The van der Waals surface area contributed by atoms with Gasteiger partial charge in [0.05, 0.1) is 4.24 Å². The van der Waals surface area contributed by atoms with Crippen LogP contribution in [0.3, 0.4) is 0 Å². The van der Waals surface area contributed by atoms with Crippen molar-refractivity contribution in [3.05, 3.63) is 10.8 Å². The monoisotopic (exact) mass is 150 g/mol. The molecule has 1 atom stereocenters. The third-order valence-electron chi connectivity index (χ3n) is 0.709. The quantitative estimate of drug-likeness (QED) is 0.550. The zero-order valence-corrected chi connectivity index (χ0v) is 6.77. The van der Waals surface area contributed by atoms with Gasteiger partial charge in [0.2, 0.25) is 0 Å². The molecule has 0 aromatic carbocycles. The van der Waals surface area contributed by atoms with Gasteiger partial charge >= 0.3 is 0 Å². The van der Waals surface area contributed by atoms with E-state index in [0.717, 1.165) is 0 Å². The fraction of sp³-hybridized carbons (Fsp3) is 0.400. The van der Waals surface area contributed by atoms with Crippen molar-refractivity contribution in [2.45, 2.75) is 0 Å². The predicted molar refractivity (Wildman–Crippen MR) is 43.8 cm³/mol. The maximum Gasteiger partial charge on any atom is 0.0555 e. The van der Waals surface area contributed by atoms with Gasteiger partial charge < -0.3 is 0 Å². The van der Waals surface area contributed by atoms with Gasteiger partial charge in [0.1, 0.15) is 0 Å². The summed E-state index contributed by atoms with van der Waals surface area (Å²) in [5.41, 5.74) is 0. The van der Waals surface area contributed by atoms with Crippen molar-refractivity contribution < 1.29 is 4.21 Å². The molecule has 0 aromatic heterocycles. The van der Waals surface area contributed by atoms with E-state index < -0.39 is 9.52 Å². The highest BCUT2D eigenvalue weighted by molar-refractivity contribution is 8.21. The minimum absolute atomic E-state index is 0.664.